The third kappa shape index (κ3) is 4.95. The highest BCUT2D eigenvalue weighted by atomic mass is 16.7. The van der Waals surface area contributed by atoms with Gasteiger partial charge in [-0.3, -0.25) is 14.6 Å². The Hall–Kier alpha value is -2.97. The van der Waals surface area contributed by atoms with Crippen LogP contribution in [0.4, 0.5) is 0 Å². The van der Waals surface area contributed by atoms with Gasteiger partial charge in [0, 0.05) is 25.5 Å². The van der Waals surface area contributed by atoms with Crippen molar-refractivity contribution in [3.8, 4) is 5.75 Å². The molecule has 2 saturated heterocycles. The minimum Gasteiger partial charge on any atom is -0.484 e. The van der Waals surface area contributed by atoms with Crippen LogP contribution < -0.4 is 4.74 Å². The Morgan fingerprint density at radius 1 is 0.967 bits per heavy atom. The van der Waals surface area contributed by atoms with Gasteiger partial charge in [-0.15, -0.1) is 0 Å². The van der Waals surface area contributed by atoms with Crippen LogP contribution in [-0.4, -0.2) is 78.4 Å². The Kier molecular flexibility index (Phi) is 6.25. The molecule has 3 heterocycles. The monoisotopic (exact) mass is 411 g/mol. The van der Waals surface area contributed by atoms with Gasteiger partial charge in [-0.2, -0.15) is 0 Å². The van der Waals surface area contributed by atoms with E-state index in [1.54, 1.807) is 22.2 Å². The zero-order valence-corrected chi connectivity index (χ0v) is 16.7. The van der Waals surface area contributed by atoms with E-state index in [2.05, 4.69) is 4.98 Å². The van der Waals surface area contributed by atoms with E-state index in [-0.39, 0.29) is 37.9 Å². The molecule has 0 saturated carbocycles. The average molecular weight is 411 g/mol. The molecule has 4 rings (SSSR count). The van der Waals surface area contributed by atoms with E-state index < -0.39 is 5.79 Å². The number of nitrogens with zero attached hydrogens (tertiary/aromatic N) is 3. The van der Waals surface area contributed by atoms with Crippen LogP contribution in [0.5, 0.6) is 5.75 Å². The molecule has 1 aromatic carbocycles. The summed E-state index contributed by atoms with van der Waals surface area (Å²) in [6.45, 7) is 2.17. The molecule has 2 aromatic rings. The molecule has 1 unspecified atom stereocenters. The lowest BCUT2D eigenvalue weighted by Gasteiger charge is -2.47. The maximum absolute atomic E-state index is 12.8. The molecule has 158 valence electrons. The number of amides is 2. The molecule has 0 aliphatic carbocycles. The minimum atomic E-state index is -0.997. The smallest absolute Gasteiger partial charge is 0.260 e. The van der Waals surface area contributed by atoms with Gasteiger partial charge in [-0.25, -0.2) is 0 Å². The molecule has 2 fully saturated rings. The van der Waals surface area contributed by atoms with E-state index in [0.29, 0.717) is 32.1 Å². The number of aromatic nitrogens is 1. The molecule has 0 bridgehead atoms. The summed E-state index contributed by atoms with van der Waals surface area (Å²) in [7, 11) is 0. The highest BCUT2D eigenvalue weighted by Crippen LogP contribution is 2.25. The van der Waals surface area contributed by atoms with Crippen molar-refractivity contribution in [1.82, 2.24) is 14.8 Å². The number of para-hydroxylation sites is 1. The van der Waals surface area contributed by atoms with Crippen molar-refractivity contribution in [2.75, 3.05) is 46.0 Å². The Balaban J connectivity index is 1.35. The summed E-state index contributed by atoms with van der Waals surface area (Å²) < 4.78 is 17.4. The van der Waals surface area contributed by atoms with Crippen molar-refractivity contribution >= 4 is 11.8 Å². The summed E-state index contributed by atoms with van der Waals surface area (Å²) in [5.74, 6) is -0.493. The second-order valence-electron chi connectivity index (χ2n) is 7.38. The molecular formula is C22H25N3O5. The van der Waals surface area contributed by atoms with Gasteiger partial charge in [0.05, 0.1) is 32.7 Å². The van der Waals surface area contributed by atoms with E-state index in [1.807, 2.05) is 42.5 Å². The van der Waals surface area contributed by atoms with Crippen molar-refractivity contribution in [2.45, 2.75) is 12.2 Å². The lowest BCUT2D eigenvalue weighted by atomic mass is 10.1. The molecule has 1 aromatic heterocycles. The van der Waals surface area contributed by atoms with E-state index in [1.165, 1.54) is 0 Å². The first-order chi connectivity index (χ1) is 14.6. The number of morpholine rings is 2. The maximum Gasteiger partial charge on any atom is 0.260 e. The van der Waals surface area contributed by atoms with E-state index in [9.17, 15) is 9.59 Å². The molecule has 2 amide bonds. The second-order valence-corrected chi connectivity index (χ2v) is 7.38. The van der Waals surface area contributed by atoms with Crippen LogP contribution in [0.3, 0.4) is 0 Å². The first kappa shape index (κ1) is 20.3. The lowest BCUT2D eigenvalue weighted by molar-refractivity contribution is -0.287. The third-order valence-electron chi connectivity index (χ3n) is 5.21. The second kappa shape index (κ2) is 9.23. The Labute approximate surface area is 175 Å². The normalized spacial score (nSPS) is 21.5. The van der Waals surface area contributed by atoms with Gasteiger partial charge < -0.3 is 24.0 Å². The van der Waals surface area contributed by atoms with Gasteiger partial charge in [-0.05, 0) is 23.8 Å². The number of carbonyl (C=O) groups excluding carboxylic acids is 2. The van der Waals surface area contributed by atoms with Crippen LogP contribution in [0.15, 0.2) is 54.9 Å². The molecule has 1 spiro atoms. The van der Waals surface area contributed by atoms with Crippen molar-refractivity contribution in [3.63, 3.8) is 0 Å². The fourth-order valence-corrected chi connectivity index (χ4v) is 3.67. The molecule has 0 radical (unpaired) electrons. The SMILES string of the molecule is O=C(COc1ccccc1)N1CCOC2(C1)CN(C(=O)Cc1cccnc1)CCO2. The maximum atomic E-state index is 12.8. The minimum absolute atomic E-state index is 0.00913. The topological polar surface area (TPSA) is 81.2 Å². The Morgan fingerprint density at radius 2 is 1.67 bits per heavy atom. The number of rotatable bonds is 5. The van der Waals surface area contributed by atoms with Crippen molar-refractivity contribution in [2.24, 2.45) is 0 Å². The van der Waals surface area contributed by atoms with Gasteiger partial charge in [0.2, 0.25) is 11.7 Å². The first-order valence-electron chi connectivity index (χ1n) is 10.0. The summed E-state index contributed by atoms with van der Waals surface area (Å²) in [6, 6.07) is 12.9. The molecule has 2 aliphatic rings. The van der Waals surface area contributed by atoms with Gasteiger partial charge >= 0.3 is 0 Å². The molecule has 8 heteroatoms. The Bertz CT molecular complexity index is 860. The van der Waals surface area contributed by atoms with Crippen molar-refractivity contribution in [1.29, 1.82) is 0 Å². The van der Waals surface area contributed by atoms with Crippen LogP contribution in [0.1, 0.15) is 5.56 Å². The van der Waals surface area contributed by atoms with Gasteiger partial charge in [0.25, 0.3) is 5.91 Å². The average Bonchev–Trinajstić information content (AvgIpc) is 2.79. The van der Waals surface area contributed by atoms with Crippen LogP contribution in [0, 0.1) is 0 Å². The summed E-state index contributed by atoms with van der Waals surface area (Å²) >= 11 is 0. The third-order valence-corrected chi connectivity index (χ3v) is 5.21. The molecule has 2 aliphatic heterocycles. The predicted octanol–water partition coefficient (Wildman–Crippen LogP) is 1.12. The highest BCUT2D eigenvalue weighted by Gasteiger charge is 2.44. The van der Waals surface area contributed by atoms with Crippen LogP contribution in [0.2, 0.25) is 0 Å². The van der Waals surface area contributed by atoms with E-state index in [0.717, 1.165) is 5.56 Å². The molecule has 8 nitrogen and oxygen atoms in total. The number of pyridine rings is 1. The van der Waals surface area contributed by atoms with Crippen molar-refractivity contribution in [3.05, 3.63) is 60.4 Å². The number of benzene rings is 1. The lowest BCUT2D eigenvalue weighted by Crippen LogP contribution is -2.64. The number of ether oxygens (including phenoxy) is 3. The standard InChI is InChI=1S/C22H25N3O5/c26-20(13-18-5-4-8-23-14-18)24-9-11-29-22(16-24)17-25(10-12-30-22)21(27)15-28-19-6-2-1-3-7-19/h1-8,14H,9-13,15-17H2. The zero-order valence-electron chi connectivity index (χ0n) is 16.7. The fourth-order valence-electron chi connectivity index (χ4n) is 3.67. The fraction of sp³-hybridized carbons (Fsp3) is 0.409. The van der Waals surface area contributed by atoms with Gasteiger partial charge in [-0.1, -0.05) is 24.3 Å². The van der Waals surface area contributed by atoms with Crippen LogP contribution in [0.25, 0.3) is 0 Å². The number of hydrogen-bond donors (Lipinski definition) is 0. The molecule has 1 atom stereocenters. The molecule has 0 N–H and O–H groups in total. The highest BCUT2D eigenvalue weighted by molar-refractivity contribution is 5.79. The van der Waals surface area contributed by atoms with Gasteiger partial charge in [0.15, 0.2) is 6.61 Å². The molecule has 30 heavy (non-hydrogen) atoms. The van der Waals surface area contributed by atoms with Crippen molar-refractivity contribution < 1.29 is 23.8 Å². The largest absolute Gasteiger partial charge is 0.484 e. The summed E-state index contributed by atoms with van der Waals surface area (Å²) in [6.07, 6.45) is 3.65. The van der Waals surface area contributed by atoms with Crippen LogP contribution >= 0.6 is 0 Å². The van der Waals surface area contributed by atoms with Crippen LogP contribution in [-0.2, 0) is 25.5 Å². The quantitative estimate of drug-likeness (QED) is 0.734. The Morgan fingerprint density at radius 3 is 2.33 bits per heavy atom. The predicted molar refractivity (Wildman–Crippen MR) is 108 cm³/mol. The first-order valence-corrected chi connectivity index (χ1v) is 10.0. The molecular weight excluding hydrogens is 386 g/mol. The number of carbonyl (C=O) groups is 2. The number of hydrogen-bond acceptors (Lipinski definition) is 6. The summed E-state index contributed by atoms with van der Waals surface area (Å²) in [4.78, 5) is 32.9. The zero-order chi connectivity index (χ0) is 20.8. The van der Waals surface area contributed by atoms with E-state index in [4.69, 9.17) is 14.2 Å². The van der Waals surface area contributed by atoms with Gasteiger partial charge in [0.1, 0.15) is 5.75 Å². The summed E-state index contributed by atoms with van der Waals surface area (Å²) in [5, 5.41) is 0. The summed E-state index contributed by atoms with van der Waals surface area (Å²) in [5.41, 5.74) is 0.863. The van der Waals surface area contributed by atoms with E-state index >= 15 is 0 Å².